The number of amides is 1. The Hall–Kier alpha value is -4.15. The van der Waals surface area contributed by atoms with Gasteiger partial charge in [-0.3, -0.25) is 4.79 Å². The van der Waals surface area contributed by atoms with Crippen LogP contribution in [0.25, 0.3) is 16.6 Å². The molecule has 0 aliphatic carbocycles. The highest BCUT2D eigenvalue weighted by Crippen LogP contribution is 2.41. The molecule has 2 N–H and O–H groups in total. The van der Waals surface area contributed by atoms with Gasteiger partial charge in [-0.25, -0.2) is 4.39 Å². The van der Waals surface area contributed by atoms with Gasteiger partial charge in [0.1, 0.15) is 17.3 Å². The average Bonchev–Trinajstić information content (AvgIpc) is 3.40. The maximum absolute atomic E-state index is 14.4. The van der Waals surface area contributed by atoms with Crippen molar-refractivity contribution in [3.8, 4) is 22.9 Å². The number of carbonyl (C=O) groups is 1. The predicted octanol–water partition coefficient (Wildman–Crippen LogP) is 2.87. The maximum atomic E-state index is 14.4. The van der Waals surface area contributed by atoms with E-state index in [2.05, 4.69) is 25.8 Å². The lowest BCUT2D eigenvalue weighted by Crippen LogP contribution is -2.14. The standard InChI is InChI=1S/C20H19FN6O4/c1-10-24-25-26-27(10)11-5-6-13(21)14(7-11)23-20(28)15-8-12-16(29-2)9-17(30-3)19(31-4)18(12)22-15/h5-9,22H,1-4H3,(H,23,28). The summed E-state index contributed by atoms with van der Waals surface area (Å²) in [6, 6.07) is 7.45. The smallest absolute Gasteiger partial charge is 0.272 e. The second-order valence-corrected chi connectivity index (χ2v) is 6.54. The molecule has 2 aromatic carbocycles. The highest BCUT2D eigenvalue weighted by atomic mass is 19.1. The summed E-state index contributed by atoms with van der Waals surface area (Å²) in [5.74, 6) is 0.716. The monoisotopic (exact) mass is 426 g/mol. The van der Waals surface area contributed by atoms with Gasteiger partial charge >= 0.3 is 0 Å². The van der Waals surface area contributed by atoms with Crippen molar-refractivity contribution in [1.82, 2.24) is 25.2 Å². The number of fused-ring (bicyclic) bond motifs is 1. The molecule has 0 atom stereocenters. The average molecular weight is 426 g/mol. The van der Waals surface area contributed by atoms with E-state index in [4.69, 9.17) is 14.2 Å². The van der Waals surface area contributed by atoms with Crippen LogP contribution in [0.15, 0.2) is 30.3 Å². The van der Waals surface area contributed by atoms with Crippen LogP contribution in [0.5, 0.6) is 17.2 Å². The Kier molecular flexibility index (Phi) is 5.15. The number of ether oxygens (including phenoxy) is 3. The largest absolute Gasteiger partial charge is 0.496 e. The fourth-order valence-electron chi connectivity index (χ4n) is 3.26. The van der Waals surface area contributed by atoms with Gasteiger partial charge < -0.3 is 24.5 Å². The van der Waals surface area contributed by atoms with Crippen LogP contribution in [0.1, 0.15) is 16.3 Å². The lowest BCUT2D eigenvalue weighted by atomic mass is 10.2. The first-order valence-corrected chi connectivity index (χ1v) is 9.14. The number of benzene rings is 2. The molecule has 4 aromatic rings. The topological polar surface area (TPSA) is 116 Å². The van der Waals surface area contributed by atoms with Gasteiger partial charge in [0.05, 0.1) is 38.2 Å². The van der Waals surface area contributed by atoms with Gasteiger partial charge in [0, 0.05) is 11.5 Å². The highest BCUT2D eigenvalue weighted by molar-refractivity contribution is 6.08. The van der Waals surface area contributed by atoms with E-state index in [1.807, 2.05) is 0 Å². The van der Waals surface area contributed by atoms with Crippen molar-refractivity contribution >= 4 is 22.5 Å². The van der Waals surface area contributed by atoms with E-state index >= 15 is 0 Å². The second kappa shape index (κ2) is 7.94. The molecule has 0 bridgehead atoms. The van der Waals surface area contributed by atoms with Crippen LogP contribution in [0.4, 0.5) is 10.1 Å². The fraction of sp³-hybridized carbons (Fsp3) is 0.200. The molecule has 4 rings (SSSR count). The Balaban J connectivity index is 1.72. The van der Waals surface area contributed by atoms with E-state index in [9.17, 15) is 9.18 Å². The summed E-state index contributed by atoms with van der Waals surface area (Å²) in [7, 11) is 4.50. The van der Waals surface area contributed by atoms with E-state index < -0.39 is 11.7 Å². The van der Waals surface area contributed by atoms with Crippen LogP contribution in [0, 0.1) is 12.7 Å². The van der Waals surface area contributed by atoms with Gasteiger partial charge in [0.2, 0.25) is 0 Å². The predicted molar refractivity (Wildman–Crippen MR) is 110 cm³/mol. The number of methoxy groups -OCH3 is 3. The van der Waals surface area contributed by atoms with E-state index in [1.165, 1.54) is 44.2 Å². The first-order chi connectivity index (χ1) is 15.0. The van der Waals surface area contributed by atoms with Crippen molar-refractivity contribution in [3.63, 3.8) is 0 Å². The van der Waals surface area contributed by atoms with Gasteiger partial charge in [0.25, 0.3) is 5.91 Å². The van der Waals surface area contributed by atoms with Crippen molar-refractivity contribution in [2.75, 3.05) is 26.6 Å². The van der Waals surface area contributed by atoms with E-state index in [-0.39, 0.29) is 11.4 Å². The molecular weight excluding hydrogens is 407 g/mol. The summed E-state index contributed by atoms with van der Waals surface area (Å²) >= 11 is 0. The van der Waals surface area contributed by atoms with Crippen molar-refractivity contribution in [3.05, 3.63) is 47.7 Å². The van der Waals surface area contributed by atoms with Gasteiger partial charge in [-0.15, -0.1) is 5.10 Å². The summed E-state index contributed by atoms with van der Waals surface area (Å²) in [6.07, 6.45) is 0. The van der Waals surface area contributed by atoms with E-state index in [1.54, 1.807) is 19.1 Å². The molecule has 0 spiro atoms. The fourth-order valence-corrected chi connectivity index (χ4v) is 3.26. The number of nitrogens with one attached hydrogen (secondary N) is 2. The number of hydrogen-bond acceptors (Lipinski definition) is 7. The summed E-state index contributed by atoms with van der Waals surface area (Å²) in [5.41, 5.74) is 1.18. The number of tetrazole rings is 1. The second-order valence-electron chi connectivity index (χ2n) is 6.54. The normalized spacial score (nSPS) is 10.9. The molecule has 0 aliphatic heterocycles. The molecule has 0 aliphatic rings. The van der Waals surface area contributed by atoms with Gasteiger partial charge in [0.15, 0.2) is 17.3 Å². The molecule has 0 unspecified atom stereocenters. The minimum atomic E-state index is -0.601. The molecule has 0 saturated heterocycles. The Morgan fingerprint density at radius 1 is 1.10 bits per heavy atom. The zero-order chi connectivity index (χ0) is 22.1. The van der Waals surface area contributed by atoms with Crippen LogP contribution >= 0.6 is 0 Å². The Morgan fingerprint density at radius 3 is 2.52 bits per heavy atom. The number of aryl methyl sites for hydroxylation is 1. The summed E-state index contributed by atoms with van der Waals surface area (Å²) in [6.45, 7) is 1.71. The summed E-state index contributed by atoms with van der Waals surface area (Å²) < 4.78 is 32.0. The molecule has 0 radical (unpaired) electrons. The highest BCUT2D eigenvalue weighted by Gasteiger charge is 2.20. The Bertz CT molecular complexity index is 1280. The molecule has 11 heteroatoms. The molecule has 10 nitrogen and oxygen atoms in total. The Labute approximate surface area is 175 Å². The van der Waals surface area contributed by atoms with Crippen LogP contribution in [0.2, 0.25) is 0 Å². The Morgan fingerprint density at radius 2 is 1.87 bits per heavy atom. The number of anilines is 1. The third-order valence-corrected chi connectivity index (χ3v) is 4.75. The number of H-pyrrole nitrogens is 1. The molecule has 1 amide bonds. The van der Waals surface area contributed by atoms with Crippen LogP contribution < -0.4 is 19.5 Å². The van der Waals surface area contributed by atoms with Crippen molar-refractivity contribution < 1.29 is 23.4 Å². The molecule has 0 saturated carbocycles. The summed E-state index contributed by atoms with van der Waals surface area (Å²) in [4.78, 5) is 15.9. The quantitative estimate of drug-likeness (QED) is 0.487. The number of nitrogens with zero attached hydrogens (tertiary/aromatic N) is 4. The number of carbonyl (C=O) groups excluding carboxylic acids is 1. The molecule has 2 heterocycles. The third kappa shape index (κ3) is 3.50. The van der Waals surface area contributed by atoms with Gasteiger partial charge in [-0.1, -0.05) is 0 Å². The molecule has 31 heavy (non-hydrogen) atoms. The number of halogens is 1. The van der Waals surface area contributed by atoms with E-state index in [0.29, 0.717) is 39.7 Å². The first kappa shape index (κ1) is 20.1. The minimum absolute atomic E-state index is 0.0208. The van der Waals surface area contributed by atoms with Crippen LogP contribution in [-0.4, -0.2) is 52.4 Å². The lowest BCUT2D eigenvalue weighted by Gasteiger charge is -2.11. The molecule has 0 fully saturated rings. The zero-order valence-corrected chi connectivity index (χ0v) is 17.2. The number of aromatic amines is 1. The molecular formula is C20H19FN6O4. The SMILES string of the molecule is COc1cc(OC)c2cc(C(=O)Nc3cc(-n4nnnc4C)ccc3F)[nH]c2c1OC. The number of rotatable bonds is 6. The van der Waals surface area contributed by atoms with Gasteiger partial charge in [-0.05, 0) is 41.6 Å². The number of hydrogen-bond donors (Lipinski definition) is 2. The minimum Gasteiger partial charge on any atom is -0.496 e. The third-order valence-electron chi connectivity index (χ3n) is 4.75. The molecule has 160 valence electrons. The van der Waals surface area contributed by atoms with Crippen molar-refractivity contribution in [1.29, 1.82) is 0 Å². The molecule has 2 aromatic heterocycles. The van der Waals surface area contributed by atoms with Crippen molar-refractivity contribution in [2.45, 2.75) is 6.92 Å². The van der Waals surface area contributed by atoms with Crippen molar-refractivity contribution in [2.24, 2.45) is 0 Å². The van der Waals surface area contributed by atoms with Crippen LogP contribution in [-0.2, 0) is 0 Å². The number of aromatic nitrogens is 5. The first-order valence-electron chi connectivity index (χ1n) is 9.14. The van der Waals surface area contributed by atoms with E-state index in [0.717, 1.165) is 0 Å². The lowest BCUT2D eigenvalue weighted by molar-refractivity contribution is 0.102. The zero-order valence-electron chi connectivity index (χ0n) is 17.2. The summed E-state index contributed by atoms with van der Waals surface area (Å²) in [5, 5.41) is 14.4. The van der Waals surface area contributed by atoms with Gasteiger partial charge in [-0.2, -0.15) is 4.68 Å². The van der Waals surface area contributed by atoms with Crippen LogP contribution in [0.3, 0.4) is 0 Å². The maximum Gasteiger partial charge on any atom is 0.272 e.